The van der Waals surface area contributed by atoms with Crippen molar-refractivity contribution in [2.75, 3.05) is 18.1 Å². The van der Waals surface area contributed by atoms with E-state index >= 15 is 0 Å². The standard InChI is InChI=1S/C28H25F5N2O5/c29-27(30,28(31,32)33)12-1-13-39-22-10-5-18(6-11-22)26(38)40-23-8-2-17(3-9-23)14-20(25(36)37)15-19-4-7-21(34)16-24(19)35/h2-11,14,16H,1,12-13,15,34-35H2,(H,36,37)/b20-14+. The number of carbonyl (C=O) groups excluding carboxylic acids is 1. The smallest absolute Gasteiger partial charge is 0.453 e. The minimum Gasteiger partial charge on any atom is -0.494 e. The van der Waals surface area contributed by atoms with Crippen LogP contribution >= 0.6 is 0 Å². The molecule has 0 heterocycles. The quantitative estimate of drug-likeness (QED) is 0.0638. The third-order valence-electron chi connectivity index (χ3n) is 5.67. The lowest BCUT2D eigenvalue weighted by molar-refractivity contribution is -0.284. The summed E-state index contributed by atoms with van der Waals surface area (Å²) < 4.78 is 72.9. The van der Waals surface area contributed by atoms with E-state index in [1.165, 1.54) is 42.5 Å². The van der Waals surface area contributed by atoms with Gasteiger partial charge in [0, 0.05) is 29.8 Å². The summed E-state index contributed by atoms with van der Waals surface area (Å²) >= 11 is 0. The number of aliphatic carboxylic acids is 1. The fourth-order valence-electron chi connectivity index (χ4n) is 3.48. The highest BCUT2D eigenvalue weighted by Gasteiger charge is 2.56. The molecule has 40 heavy (non-hydrogen) atoms. The molecule has 0 unspecified atom stereocenters. The number of alkyl halides is 5. The largest absolute Gasteiger partial charge is 0.494 e. The van der Waals surface area contributed by atoms with Crippen LogP contribution in [0.5, 0.6) is 11.5 Å². The number of anilines is 2. The summed E-state index contributed by atoms with van der Waals surface area (Å²) in [6.45, 7) is -0.368. The number of nitrogens with two attached hydrogens (primary N) is 2. The maximum Gasteiger partial charge on any atom is 0.453 e. The first-order valence-electron chi connectivity index (χ1n) is 11.8. The Labute approximate surface area is 225 Å². The number of carboxylic acid groups (broad SMARTS) is 1. The Morgan fingerprint density at radius 3 is 2.08 bits per heavy atom. The fourth-order valence-corrected chi connectivity index (χ4v) is 3.48. The Hall–Kier alpha value is -4.61. The number of hydrogen-bond acceptors (Lipinski definition) is 6. The van der Waals surface area contributed by atoms with Crippen molar-refractivity contribution in [3.8, 4) is 11.5 Å². The van der Waals surface area contributed by atoms with Crippen LogP contribution in [0.15, 0.2) is 72.3 Å². The van der Waals surface area contributed by atoms with Crippen molar-refractivity contribution in [1.82, 2.24) is 0 Å². The number of halogens is 5. The molecule has 0 fully saturated rings. The molecule has 5 N–H and O–H groups in total. The highest BCUT2D eigenvalue weighted by molar-refractivity contribution is 5.93. The van der Waals surface area contributed by atoms with Gasteiger partial charge in [0.1, 0.15) is 11.5 Å². The van der Waals surface area contributed by atoms with E-state index in [4.69, 9.17) is 20.9 Å². The number of ether oxygens (including phenoxy) is 2. The lowest BCUT2D eigenvalue weighted by Gasteiger charge is -2.19. The van der Waals surface area contributed by atoms with Crippen LogP contribution in [-0.2, 0) is 11.2 Å². The minimum absolute atomic E-state index is 0.0674. The zero-order valence-corrected chi connectivity index (χ0v) is 20.9. The summed E-state index contributed by atoms with van der Waals surface area (Å²) in [5.74, 6) is -6.27. The summed E-state index contributed by atoms with van der Waals surface area (Å²) in [4.78, 5) is 24.2. The molecule has 0 aliphatic rings. The second kappa shape index (κ2) is 12.5. The van der Waals surface area contributed by atoms with Crippen molar-refractivity contribution < 1.29 is 46.1 Å². The molecule has 12 heteroatoms. The van der Waals surface area contributed by atoms with E-state index in [0.717, 1.165) is 0 Å². The number of carboxylic acids is 1. The summed E-state index contributed by atoms with van der Waals surface area (Å²) in [6, 6.07) is 16.3. The predicted octanol–water partition coefficient (Wildman–Crippen LogP) is 6.14. The topological polar surface area (TPSA) is 125 Å². The van der Waals surface area contributed by atoms with Crippen molar-refractivity contribution in [2.24, 2.45) is 0 Å². The Morgan fingerprint density at radius 2 is 1.50 bits per heavy atom. The van der Waals surface area contributed by atoms with Crippen LogP contribution < -0.4 is 20.9 Å². The molecular weight excluding hydrogens is 539 g/mol. The summed E-state index contributed by atoms with van der Waals surface area (Å²) in [7, 11) is 0. The highest BCUT2D eigenvalue weighted by atomic mass is 19.4. The molecule has 0 bridgehead atoms. The van der Waals surface area contributed by atoms with Crippen molar-refractivity contribution in [3.05, 3.63) is 89.0 Å². The van der Waals surface area contributed by atoms with E-state index in [1.807, 2.05) is 0 Å². The molecule has 3 rings (SSSR count). The lowest BCUT2D eigenvalue weighted by Crippen LogP contribution is -2.36. The first-order valence-corrected chi connectivity index (χ1v) is 11.8. The van der Waals surface area contributed by atoms with Crippen molar-refractivity contribution in [3.63, 3.8) is 0 Å². The maximum atomic E-state index is 12.9. The number of rotatable bonds is 11. The number of nitrogen functional groups attached to an aromatic ring is 2. The normalized spacial score (nSPS) is 12.2. The Bertz CT molecular complexity index is 1370. The molecular formula is C28H25F5N2O5. The summed E-state index contributed by atoms with van der Waals surface area (Å²) in [6.07, 6.45) is -6.00. The molecule has 0 amide bonds. The molecule has 0 saturated carbocycles. The molecule has 7 nitrogen and oxygen atoms in total. The summed E-state index contributed by atoms with van der Waals surface area (Å²) in [5, 5.41) is 9.60. The fraction of sp³-hybridized carbons (Fsp3) is 0.214. The number of esters is 1. The average molecular weight is 565 g/mol. The second-order valence-corrected chi connectivity index (χ2v) is 8.75. The number of benzene rings is 3. The highest BCUT2D eigenvalue weighted by Crippen LogP contribution is 2.38. The van der Waals surface area contributed by atoms with Gasteiger partial charge < -0.3 is 26.0 Å². The van der Waals surface area contributed by atoms with Crippen molar-refractivity contribution >= 4 is 29.4 Å². The van der Waals surface area contributed by atoms with Crippen molar-refractivity contribution in [1.29, 1.82) is 0 Å². The van der Waals surface area contributed by atoms with E-state index in [2.05, 4.69) is 0 Å². The third-order valence-corrected chi connectivity index (χ3v) is 5.67. The Morgan fingerprint density at radius 1 is 0.875 bits per heavy atom. The molecule has 3 aromatic rings. The van der Waals surface area contributed by atoms with Gasteiger partial charge in [-0.05, 0) is 72.2 Å². The van der Waals surface area contributed by atoms with Gasteiger partial charge in [0.25, 0.3) is 0 Å². The van der Waals surface area contributed by atoms with Gasteiger partial charge in [-0.1, -0.05) is 18.2 Å². The summed E-state index contributed by atoms with van der Waals surface area (Å²) in [5.41, 5.74) is 13.8. The van der Waals surface area contributed by atoms with Crippen molar-refractivity contribution in [2.45, 2.75) is 31.4 Å². The van der Waals surface area contributed by atoms with Gasteiger partial charge in [-0.3, -0.25) is 0 Å². The Balaban J connectivity index is 1.56. The first-order chi connectivity index (χ1) is 18.7. The molecule has 0 radical (unpaired) electrons. The van der Waals surface area contributed by atoms with Crippen LogP contribution in [0.1, 0.15) is 34.3 Å². The average Bonchev–Trinajstić information content (AvgIpc) is 2.88. The zero-order chi connectivity index (χ0) is 29.5. The van der Waals surface area contributed by atoms with Crippen LogP contribution in [0, 0.1) is 0 Å². The lowest BCUT2D eigenvalue weighted by atomic mass is 10.0. The van der Waals surface area contributed by atoms with E-state index < -0.39 is 36.9 Å². The molecule has 0 aliphatic heterocycles. The molecule has 0 atom stereocenters. The van der Waals surface area contributed by atoms with Gasteiger partial charge in [0.15, 0.2) is 0 Å². The number of hydrogen-bond donors (Lipinski definition) is 3. The van der Waals surface area contributed by atoms with Crippen LogP contribution in [0.4, 0.5) is 33.3 Å². The predicted molar refractivity (Wildman–Crippen MR) is 138 cm³/mol. The maximum absolute atomic E-state index is 12.9. The Kier molecular flexibility index (Phi) is 9.35. The molecule has 0 saturated heterocycles. The molecule has 212 valence electrons. The molecule has 0 spiro atoms. The molecule has 3 aromatic carbocycles. The van der Waals surface area contributed by atoms with E-state index in [-0.39, 0.29) is 35.7 Å². The molecule has 0 aliphatic carbocycles. The zero-order valence-electron chi connectivity index (χ0n) is 20.9. The van der Waals surface area contributed by atoms with Gasteiger partial charge in [-0.25, -0.2) is 9.59 Å². The SMILES string of the molecule is Nc1ccc(C/C(=C\c2ccc(OC(=O)c3ccc(OCCCC(F)(F)C(F)(F)F)cc3)cc2)C(=O)O)c(N)c1. The van der Waals surface area contributed by atoms with Gasteiger partial charge in [0.2, 0.25) is 0 Å². The monoisotopic (exact) mass is 564 g/mol. The van der Waals surface area contributed by atoms with Crippen LogP contribution in [-0.4, -0.2) is 35.8 Å². The van der Waals surface area contributed by atoms with Crippen LogP contribution in [0.25, 0.3) is 6.08 Å². The third kappa shape index (κ3) is 8.19. The van der Waals surface area contributed by atoms with E-state index in [0.29, 0.717) is 22.5 Å². The van der Waals surface area contributed by atoms with Gasteiger partial charge in [-0.2, -0.15) is 22.0 Å². The van der Waals surface area contributed by atoms with Gasteiger partial charge in [-0.15, -0.1) is 0 Å². The van der Waals surface area contributed by atoms with Gasteiger partial charge >= 0.3 is 24.0 Å². The van der Waals surface area contributed by atoms with E-state index in [1.54, 1.807) is 30.3 Å². The minimum atomic E-state index is -5.61. The van der Waals surface area contributed by atoms with Gasteiger partial charge in [0.05, 0.1) is 12.2 Å². The van der Waals surface area contributed by atoms with Crippen LogP contribution in [0.3, 0.4) is 0 Å². The van der Waals surface area contributed by atoms with Crippen LogP contribution in [0.2, 0.25) is 0 Å². The molecule has 0 aromatic heterocycles. The van der Waals surface area contributed by atoms with E-state index in [9.17, 15) is 36.6 Å². The number of carbonyl (C=O) groups is 2. The second-order valence-electron chi connectivity index (χ2n) is 8.75. The first kappa shape index (κ1) is 29.9.